The van der Waals surface area contributed by atoms with Crippen LogP contribution >= 0.6 is 15.9 Å². The molecule has 1 aliphatic heterocycles. The number of fused-ring (bicyclic) bond motifs is 1. The third-order valence-corrected chi connectivity index (χ3v) is 4.58. The maximum atomic E-state index is 12.4. The van der Waals surface area contributed by atoms with Gasteiger partial charge < -0.3 is 0 Å². The lowest BCUT2D eigenvalue weighted by Gasteiger charge is -2.14. The molecule has 1 fully saturated rings. The molecule has 3 rings (SSSR count). The molecule has 98 valence electrons. The highest BCUT2D eigenvalue weighted by Gasteiger charge is 2.48. The molecule has 2 heterocycles. The van der Waals surface area contributed by atoms with Gasteiger partial charge in [-0.1, -0.05) is 12.2 Å². The number of hydrogen-bond donors (Lipinski definition) is 0. The average Bonchev–Trinajstić information content (AvgIpc) is 2.66. The zero-order chi connectivity index (χ0) is 13.6. The number of aryl methyl sites for hydroxylation is 1. The Morgan fingerprint density at radius 2 is 1.74 bits per heavy atom. The van der Waals surface area contributed by atoms with Gasteiger partial charge in [0.15, 0.2) is 0 Å². The van der Waals surface area contributed by atoms with Crippen LogP contribution in [0.2, 0.25) is 0 Å². The van der Waals surface area contributed by atoms with Crippen LogP contribution in [-0.4, -0.2) is 16.8 Å². The standard InChI is InChI=1S/C14H13BrN2O2/c1-8-11(15)6-7-12(16-8)17-13(18)9-4-2-3-5-10(9)14(17)19/h2-3,6-7,9-10H,4-5H2,1H3/t9-,10+. The number of rotatable bonds is 1. The van der Waals surface area contributed by atoms with Gasteiger partial charge in [-0.25, -0.2) is 9.88 Å². The molecule has 2 atom stereocenters. The molecule has 0 saturated carbocycles. The fourth-order valence-corrected chi connectivity index (χ4v) is 2.90. The van der Waals surface area contributed by atoms with E-state index in [1.54, 1.807) is 6.07 Å². The molecule has 1 aromatic rings. The summed E-state index contributed by atoms with van der Waals surface area (Å²) in [6.45, 7) is 1.84. The molecule has 2 aliphatic rings. The van der Waals surface area contributed by atoms with Crippen LogP contribution in [0.5, 0.6) is 0 Å². The molecule has 1 aliphatic carbocycles. The topological polar surface area (TPSA) is 50.3 Å². The number of allylic oxidation sites excluding steroid dienone is 2. The van der Waals surface area contributed by atoms with Crippen molar-refractivity contribution in [2.45, 2.75) is 19.8 Å². The van der Waals surface area contributed by atoms with Crippen molar-refractivity contribution in [3.8, 4) is 0 Å². The van der Waals surface area contributed by atoms with Gasteiger partial charge >= 0.3 is 0 Å². The van der Waals surface area contributed by atoms with E-state index >= 15 is 0 Å². The SMILES string of the molecule is Cc1nc(N2C(=O)[C@H]3CC=CC[C@H]3C2=O)ccc1Br. The minimum atomic E-state index is -0.205. The summed E-state index contributed by atoms with van der Waals surface area (Å²) in [7, 11) is 0. The zero-order valence-electron chi connectivity index (χ0n) is 10.5. The Morgan fingerprint density at radius 1 is 1.16 bits per heavy atom. The molecule has 0 bridgehead atoms. The Kier molecular flexibility index (Phi) is 3.01. The summed E-state index contributed by atoms with van der Waals surface area (Å²) in [5.41, 5.74) is 0.770. The summed E-state index contributed by atoms with van der Waals surface area (Å²) in [5.74, 6) is -0.209. The first-order valence-electron chi connectivity index (χ1n) is 6.25. The molecule has 0 aromatic carbocycles. The van der Waals surface area contributed by atoms with Gasteiger partial charge in [0.2, 0.25) is 11.8 Å². The van der Waals surface area contributed by atoms with Gasteiger partial charge in [0, 0.05) is 4.47 Å². The van der Waals surface area contributed by atoms with E-state index in [1.165, 1.54) is 4.90 Å². The van der Waals surface area contributed by atoms with Crippen LogP contribution in [-0.2, 0) is 9.59 Å². The van der Waals surface area contributed by atoms with Crippen LogP contribution in [0.15, 0.2) is 28.8 Å². The first-order chi connectivity index (χ1) is 9.09. The fraction of sp³-hybridized carbons (Fsp3) is 0.357. The third-order valence-electron chi connectivity index (χ3n) is 3.74. The van der Waals surface area contributed by atoms with Crippen molar-refractivity contribution in [2.24, 2.45) is 11.8 Å². The number of aromatic nitrogens is 1. The molecule has 0 radical (unpaired) electrons. The maximum absolute atomic E-state index is 12.4. The summed E-state index contributed by atoms with van der Waals surface area (Å²) in [6, 6.07) is 3.52. The molecule has 0 N–H and O–H groups in total. The second-order valence-corrected chi connectivity index (χ2v) is 5.76. The highest BCUT2D eigenvalue weighted by atomic mass is 79.9. The van der Waals surface area contributed by atoms with E-state index < -0.39 is 0 Å². The average molecular weight is 321 g/mol. The van der Waals surface area contributed by atoms with Crippen LogP contribution in [0, 0.1) is 18.8 Å². The highest BCUT2D eigenvalue weighted by Crippen LogP contribution is 2.37. The summed E-state index contributed by atoms with van der Waals surface area (Å²) < 4.78 is 0.870. The van der Waals surface area contributed by atoms with Gasteiger partial charge in [-0.2, -0.15) is 0 Å². The monoisotopic (exact) mass is 320 g/mol. The smallest absolute Gasteiger partial charge is 0.239 e. The molecule has 19 heavy (non-hydrogen) atoms. The van der Waals surface area contributed by atoms with Gasteiger partial charge in [-0.05, 0) is 47.8 Å². The summed E-state index contributed by atoms with van der Waals surface area (Å²) in [6.07, 6.45) is 5.27. The number of halogens is 1. The van der Waals surface area contributed by atoms with Crippen LogP contribution in [0.3, 0.4) is 0 Å². The van der Waals surface area contributed by atoms with Crippen molar-refractivity contribution in [3.63, 3.8) is 0 Å². The number of hydrogen-bond acceptors (Lipinski definition) is 3. The maximum Gasteiger partial charge on any atom is 0.239 e. The van der Waals surface area contributed by atoms with Crippen molar-refractivity contribution in [1.82, 2.24) is 4.98 Å². The minimum Gasteiger partial charge on any atom is -0.274 e. The van der Waals surface area contributed by atoms with Crippen molar-refractivity contribution in [3.05, 3.63) is 34.5 Å². The van der Waals surface area contributed by atoms with Crippen LogP contribution in [0.25, 0.3) is 0 Å². The Morgan fingerprint density at radius 3 is 2.26 bits per heavy atom. The van der Waals surface area contributed by atoms with Crippen molar-refractivity contribution < 1.29 is 9.59 Å². The van der Waals surface area contributed by atoms with E-state index in [2.05, 4.69) is 20.9 Å². The lowest BCUT2D eigenvalue weighted by Crippen LogP contribution is -2.31. The molecule has 4 nitrogen and oxygen atoms in total. The number of imide groups is 1. The number of carbonyl (C=O) groups excluding carboxylic acids is 2. The van der Waals surface area contributed by atoms with E-state index in [0.717, 1.165) is 10.2 Å². The molecule has 5 heteroatoms. The first-order valence-corrected chi connectivity index (χ1v) is 7.05. The Labute approximate surface area is 119 Å². The number of pyridine rings is 1. The normalized spacial score (nSPS) is 25.9. The first kappa shape index (κ1) is 12.5. The largest absolute Gasteiger partial charge is 0.274 e. The van der Waals surface area contributed by atoms with Crippen molar-refractivity contribution >= 4 is 33.6 Å². The van der Waals surface area contributed by atoms with Gasteiger partial charge in [0.25, 0.3) is 0 Å². The van der Waals surface area contributed by atoms with Crippen LogP contribution in [0.1, 0.15) is 18.5 Å². The Bertz CT molecular complexity index is 571. The van der Waals surface area contributed by atoms with Gasteiger partial charge in [-0.3, -0.25) is 9.59 Å². The van der Waals surface area contributed by atoms with E-state index in [4.69, 9.17) is 0 Å². The zero-order valence-corrected chi connectivity index (χ0v) is 12.1. The van der Waals surface area contributed by atoms with Gasteiger partial charge in [0.05, 0.1) is 17.5 Å². The third kappa shape index (κ3) is 1.92. The second-order valence-electron chi connectivity index (χ2n) is 4.90. The van der Waals surface area contributed by atoms with E-state index in [0.29, 0.717) is 18.7 Å². The second kappa shape index (κ2) is 4.56. The number of anilines is 1. The van der Waals surface area contributed by atoms with Crippen molar-refractivity contribution in [2.75, 3.05) is 4.90 Å². The van der Waals surface area contributed by atoms with E-state index in [-0.39, 0.29) is 23.7 Å². The quantitative estimate of drug-likeness (QED) is 0.590. The molecular weight excluding hydrogens is 308 g/mol. The molecule has 0 unspecified atom stereocenters. The number of carbonyl (C=O) groups is 2. The summed E-state index contributed by atoms with van der Waals surface area (Å²) in [5, 5.41) is 0. The fourth-order valence-electron chi connectivity index (χ4n) is 2.68. The molecule has 2 amide bonds. The minimum absolute atomic E-state index is 0.117. The lowest BCUT2D eigenvalue weighted by molar-refractivity contribution is -0.122. The number of nitrogens with zero attached hydrogens (tertiary/aromatic N) is 2. The summed E-state index contributed by atoms with van der Waals surface area (Å²) >= 11 is 3.37. The van der Waals surface area contributed by atoms with Gasteiger partial charge in [0.1, 0.15) is 5.82 Å². The predicted molar refractivity (Wildman–Crippen MR) is 74.5 cm³/mol. The van der Waals surface area contributed by atoms with Gasteiger partial charge in [-0.15, -0.1) is 0 Å². The van der Waals surface area contributed by atoms with Crippen LogP contribution in [0.4, 0.5) is 5.82 Å². The highest BCUT2D eigenvalue weighted by molar-refractivity contribution is 9.10. The number of amides is 2. The Hall–Kier alpha value is -1.49. The van der Waals surface area contributed by atoms with Crippen LogP contribution < -0.4 is 4.90 Å². The van der Waals surface area contributed by atoms with Crippen molar-refractivity contribution in [1.29, 1.82) is 0 Å². The van der Waals surface area contributed by atoms with E-state index in [9.17, 15) is 9.59 Å². The molecular formula is C14H13BrN2O2. The molecule has 1 aromatic heterocycles. The summed E-state index contributed by atoms with van der Waals surface area (Å²) in [4.78, 5) is 30.3. The van der Waals surface area contributed by atoms with E-state index in [1.807, 2.05) is 25.1 Å². The lowest BCUT2D eigenvalue weighted by atomic mass is 9.85. The molecule has 1 saturated heterocycles. The predicted octanol–water partition coefficient (Wildman–Crippen LogP) is 2.61. The Balaban J connectivity index is 1.99. The molecule has 0 spiro atoms.